The predicted molar refractivity (Wildman–Crippen MR) is 55.4 cm³/mol. The Morgan fingerprint density at radius 1 is 1.57 bits per heavy atom. The Morgan fingerprint density at radius 3 is 2.93 bits per heavy atom. The fourth-order valence-electron chi connectivity index (χ4n) is 1.03. The Morgan fingerprint density at radius 2 is 2.29 bits per heavy atom. The lowest BCUT2D eigenvalue weighted by molar-refractivity contribution is 0.618. The van der Waals surface area contributed by atoms with Gasteiger partial charge in [-0.25, -0.2) is 4.39 Å². The van der Waals surface area contributed by atoms with Gasteiger partial charge in [0.05, 0.1) is 12.5 Å². The molecule has 72 valence electrons. The Labute approximate surface area is 87.4 Å². The number of rotatable bonds is 2. The van der Waals surface area contributed by atoms with E-state index in [2.05, 4.69) is 0 Å². The lowest BCUT2D eigenvalue weighted by atomic mass is 10.1. The van der Waals surface area contributed by atoms with Crippen LogP contribution in [0.5, 0.6) is 0 Å². The van der Waals surface area contributed by atoms with Crippen LogP contribution in [0.25, 0.3) is 6.08 Å². The summed E-state index contributed by atoms with van der Waals surface area (Å²) in [5, 5.41) is 8.80. The second-order valence-electron chi connectivity index (χ2n) is 2.89. The summed E-state index contributed by atoms with van der Waals surface area (Å²) < 4.78 is 13.1. The van der Waals surface area contributed by atoms with Crippen LogP contribution >= 0.6 is 11.6 Å². The number of hydrogen-bond acceptors (Lipinski definition) is 1. The highest BCUT2D eigenvalue weighted by molar-refractivity contribution is 6.32. The molecule has 0 aliphatic carbocycles. The fourth-order valence-corrected chi connectivity index (χ4v) is 1.31. The summed E-state index contributed by atoms with van der Waals surface area (Å²) in [6.07, 6.45) is 3.59. The zero-order valence-corrected chi connectivity index (χ0v) is 8.48. The molecule has 0 fully saturated rings. The molecule has 0 aliphatic rings. The zero-order chi connectivity index (χ0) is 10.6. The highest BCUT2D eigenvalue weighted by Crippen LogP contribution is 2.21. The largest absolute Gasteiger partial charge is 0.207 e. The summed E-state index contributed by atoms with van der Waals surface area (Å²) >= 11 is 5.88. The molecule has 1 rings (SSSR count). The van der Waals surface area contributed by atoms with E-state index in [1.54, 1.807) is 25.1 Å². The van der Waals surface area contributed by atoms with E-state index in [1.165, 1.54) is 6.07 Å². The van der Waals surface area contributed by atoms with Crippen molar-refractivity contribution in [1.29, 1.82) is 5.26 Å². The minimum Gasteiger partial charge on any atom is -0.207 e. The van der Waals surface area contributed by atoms with Gasteiger partial charge < -0.3 is 0 Å². The standard InChI is InChI=1S/C11H9ClFN/c1-8-6-10(12)9(7-11(8)13)4-2-3-5-14/h2,4,6-7H,3H2,1H3. The van der Waals surface area contributed by atoms with E-state index in [1.807, 2.05) is 6.07 Å². The van der Waals surface area contributed by atoms with Gasteiger partial charge in [-0.3, -0.25) is 0 Å². The van der Waals surface area contributed by atoms with E-state index in [-0.39, 0.29) is 5.82 Å². The molecule has 0 saturated carbocycles. The van der Waals surface area contributed by atoms with Crippen LogP contribution in [0.3, 0.4) is 0 Å². The van der Waals surface area contributed by atoms with Gasteiger partial charge in [0, 0.05) is 5.02 Å². The Kier molecular flexibility index (Phi) is 3.67. The minimum atomic E-state index is -0.286. The van der Waals surface area contributed by atoms with Crippen LogP contribution in [0, 0.1) is 24.1 Å². The third-order valence-corrected chi connectivity index (χ3v) is 2.11. The van der Waals surface area contributed by atoms with Gasteiger partial charge in [0.15, 0.2) is 0 Å². The molecule has 0 atom stereocenters. The normalized spacial score (nSPS) is 10.4. The highest BCUT2D eigenvalue weighted by atomic mass is 35.5. The van der Waals surface area contributed by atoms with Crippen LogP contribution < -0.4 is 0 Å². The topological polar surface area (TPSA) is 23.8 Å². The van der Waals surface area contributed by atoms with Gasteiger partial charge >= 0.3 is 0 Å². The number of nitriles is 1. The molecule has 0 amide bonds. The number of allylic oxidation sites excluding steroid dienone is 1. The van der Waals surface area contributed by atoms with E-state index in [4.69, 9.17) is 16.9 Å². The molecular weight excluding hydrogens is 201 g/mol. The van der Waals surface area contributed by atoms with E-state index < -0.39 is 0 Å². The lowest BCUT2D eigenvalue weighted by Gasteiger charge is -2.01. The minimum absolute atomic E-state index is 0.286. The molecule has 0 spiro atoms. The second kappa shape index (κ2) is 4.78. The van der Waals surface area contributed by atoms with Gasteiger partial charge in [-0.15, -0.1) is 0 Å². The highest BCUT2D eigenvalue weighted by Gasteiger charge is 2.02. The summed E-state index contributed by atoms with van der Waals surface area (Å²) in [5.41, 5.74) is 1.12. The molecule has 14 heavy (non-hydrogen) atoms. The molecule has 0 aliphatic heterocycles. The van der Waals surface area contributed by atoms with Crippen molar-refractivity contribution in [3.63, 3.8) is 0 Å². The molecule has 0 heterocycles. The van der Waals surface area contributed by atoms with Crippen LogP contribution in [-0.4, -0.2) is 0 Å². The van der Waals surface area contributed by atoms with E-state index >= 15 is 0 Å². The van der Waals surface area contributed by atoms with Gasteiger partial charge in [0.25, 0.3) is 0 Å². The first-order valence-electron chi connectivity index (χ1n) is 4.14. The van der Waals surface area contributed by atoms with Crippen molar-refractivity contribution in [2.75, 3.05) is 0 Å². The molecule has 1 aromatic carbocycles. The average Bonchev–Trinajstić information content (AvgIpc) is 2.14. The molecule has 1 nitrogen and oxygen atoms in total. The first kappa shape index (κ1) is 10.7. The first-order chi connectivity index (χ1) is 6.65. The first-order valence-corrected chi connectivity index (χ1v) is 4.52. The van der Waals surface area contributed by atoms with Gasteiger partial charge in [0.2, 0.25) is 0 Å². The van der Waals surface area contributed by atoms with Crippen LogP contribution in [0.15, 0.2) is 18.2 Å². The summed E-state index contributed by atoms with van der Waals surface area (Å²) in [6.45, 7) is 1.66. The Bertz CT molecular complexity index is 404. The lowest BCUT2D eigenvalue weighted by Crippen LogP contribution is -1.84. The van der Waals surface area contributed by atoms with Crippen LogP contribution in [0.4, 0.5) is 4.39 Å². The molecule has 0 radical (unpaired) electrons. The number of aryl methyl sites for hydroxylation is 1. The quantitative estimate of drug-likeness (QED) is 0.729. The van der Waals surface area contributed by atoms with Crippen LogP contribution in [-0.2, 0) is 0 Å². The van der Waals surface area contributed by atoms with Crippen molar-refractivity contribution < 1.29 is 4.39 Å². The maximum atomic E-state index is 13.1. The van der Waals surface area contributed by atoms with Crippen molar-refractivity contribution >= 4 is 17.7 Å². The van der Waals surface area contributed by atoms with Gasteiger partial charge in [-0.2, -0.15) is 5.26 Å². The maximum absolute atomic E-state index is 13.1. The third kappa shape index (κ3) is 2.58. The Hall–Kier alpha value is -1.33. The van der Waals surface area contributed by atoms with E-state index in [0.717, 1.165) is 0 Å². The van der Waals surface area contributed by atoms with Gasteiger partial charge in [-0.05, 0) is 30.2 Å². The molecule has 0 N–H and O–H groups in total. The molecule has 0 bridgehead atoms. The van der Waals surface area contributed by atoms with Crippen molar-refractivity contribution in [2.45, 2.75) is 13.3 Å². The average molecular weight is 210 g/mol. The number of benzene rings is 1. The number of nitrogens with zero attached hydrogens (tertiary/aromatic N) is 1. The Balaban J connectivity index is 2.99. The monoisotopic (exact) mass is 209 g/mol. The van der Waals surface area contributed by atoms with Gasteiger partial charge in [-0.1, -0.05) is 23.8 Å². The molecule has 0 unspecified atom stereocenters. The van der Waals surface area contributed by atoms with Crippen LogP contribution in [0.1, 0.15) is 17.5 Å². The summed E-state index contributed by atoms with van der Waals surface area (Å²) in [5.74, 6) is -0.286. The van der Waals surface area contributed by atoms with Crippen molar-refractivity contribution in [3.8, 4) is 6.07 Å². The third-order valence-electron chi connectivity index (χ3n) is 1.78. The SMILES string of the molecule is Cc1cc(Cl)c(C=CCC#N)cc1F. The van der Waals surface area contributed by atoms with E-state index in [9.17, 15) is 4.39 Å². The fraction of sp³-hybridized carbons (Fsp3) is 0.182. The smallest absolute Gasteiger partial charge is 0.126 e. The second-order valence-corrected chi connectivity index (χ2v) is 3.29. The van der Waals surface area contributed by atoms with Crippen molar-refractivity contribution in [2.24, 2.45) is 0 Å². The zero-order valence-electron chi connectivity index (χ0n) is 7.72. The summed E-state index contributed by atoms with van der Waals surface area (Å²) in [4.78, 5) is 0. The molecule has 1 aromatic rings. The van der Waals surface area contributed by atoms with Crippen molar-refractivity contribution in [3.05, 3.63) is 40.2 Å². The predicted octanol–water partition coefficient (Wildman–Crippen LogP) is 3.71. The molecule has 0 aromatic heterocycles. The number of hydrogen-bond donors (Lipinski definition) is 0. The molecule has 3 heteroatoms. The summed E-state index contributed by atoms with van der Waals surface area (Å²) in [7, 11) is 0. The van der Waals surface area contributed by atoms with Gasteiger partial charge in [0.1, 0.15) is 5.82 Å². The molecular formula is C11H9ClFN. The summed E-state index contributed by atoms with van der Waals surface area (Å²) in [6, 6.07) is 4.90. The van der Waals surface area contributed by atoms with Crippen molar-refractivity contribution in [1.82, 2.24) is 0 Å². The molecule has 0 saturated heterocycles. The van der Waals surface area contributed by atoms with E-state index in [0.29, 0.717) is 22.6 Å². The maximum Gasteiger partial charge on any atom is 0.126 e. The van der Waals surface area contributed by atoms with Crippen LogP contribution in [0.2, 0.25) is 5.02 Å². The number of halogens is 2.